The Morgan fingerprint density at radius 2 is 2.11 bits per heavy atom. The van der Waals surface area contributed by atoms with E-state index in [9.17, 15) is 0 Å². The predicted octanol–water partition coefficient (Wildman–Crippen LogP) is 2.77. The predicted molar refractivity (Wildman–Crippen MR) is 42.1 cm³/mol. The third-order valence-electron chi connectivity index (χ3n) is 1.21. The van der Waals surface area contributed by atoms with Crippen molar-refractivity contribution in [3.05, 3.63) is 12.2 Å². The third kappa shape index (κ3) is 7.41. The normalized spacial score (nSPS) is 10.3. The molecule has 52 valence electrons. The summed E-state index contributed by atoms with van der Waals surface area (Å²) in [6, 6.07) is 0. The summed E-state index contributed by atoms with van der Waals surface area (Å²) >= 11 is 0. The molecule has 1 N–H and O–H groups in total. The van der Waals surface area contributed by atoms with E-state index in [0.29, 0.717) is 0 Å². The molecule has 0 aromatic rings. The lowest BCUT2D eigenvalue weighted by atomic mass is 10.2. The average molecular weight is 125 g/mol. The minimum Gasteiger partial charge on any atom is -0.309 e. The molecule has 1 nitrogen and oxygen atoms in total. The monoisotopic (exact) mass is 125 g/mol. The van der Waals surface area contributed by atoms with Gasteiger partial charge < -0.3 is 5.41 Å². The van der Waals surface area contributed by atoms with E-state index in [1.807, 2.05) is 6.08 Å². The fraction of sp³-hybridized carbons (Fsp3) is 0.625. The second kappa shape index (κ2) is 7.41. The van der Waals surface area contributed by atoms with Crippen LogP contribution in [0.15, 0.2) is 12.2 Å². The van der Waals surface area contributed by atoms with Gasteiger partial charge in [-0.05, 0) is 18.9 Å². The molecule has 0 radical (unpaired) electrons. The van der Waals surface area contributed by atoms with Crippen molar-refractivity contribution in [2.75, 3.05) is 0 Å². The van der Waals surface area contributed by atoms with Gasteiger partial charge in [-0.1, -0.05) is 25.8 Å². The number of nitrogens with one attached hydrogen (secondary N) is 1. The zero-order chi connectivity index (χ0) is 6.95. The summed E-state index contributed by atoms with van der Waals surface area (Å²) < 4.78 is 0. The van der Waals surface area contributed by atoms with Crippen LogP contribution in [0.2, 0.25) is 0 Å². The van der Waals surface area contributed by atoms with Crippen molar-refractivity contribution in [3.63, 3.8) is 0 Å². The largest absolute Gasteiger partial charge is 0.309 e. The summed E-state index contributed by atoms with van der Waals surface area (Å²) in [5, 5.41) is 6.67. The van der Waals surface area contributed by atoms with Gasteiger partial charge in [0, 0.05) is 6.21 Å². The van der Waals surface area contributed by atoms with Crippen LogP contribution in [-0.4, -0.2) is 6.21 Å². The van der Waals surface area contributed by atoms with Crippen LogP contribution < -0.4 is 0 Å². The van der Waals surface area contributed by atoms with Crippen LogP contribution in [0, 0.1) is 5.41 Å². The molecular weight excluding hydrogens is 110 g/mol. The molecule has 0 saturated heterocycles. The Bertz CT molecular complexity index is 84.6. The highest BCUT2D eigenvalue weighted by Crippen LogP contribution is 1.98. The highest BCUT2D eigenvalue weighted by atomic mass is 14.3. The number of hydrogen-bond acceptors (Lipinski definition) is 1. The number of hydrogen-bond donors (Lipinski definition) is 1. The van der Waals surface area contributed by atoms with Crippen LogP contribution in [0.5, 0.6) is 0 Å². The molecule has 0 saturated carbocycles. The van der Waals surface area contributed by atoms with E-state index >= 15 is 0 Å². The summed E-state index contributed by atoms with van der Waals surface area (Å²) in [5.74, 6) is 0. The highest BCUT2D eigenvalue weighted by molar-refractivity contribution is 5.67. The van der Waals surface area contributed by atoms with Crippen molar-refractivity contribution in [1.29, 1.82) is 5.41 Å². The smallest absolute Gasteiger partial charge is 0.0174 e. The zero-order valence-corrected chi connectivity index (χ0v) is 6.06. The molecule has 0 aromatic carbocycles. The van der Waals surface area contributed by atoms with Crippen LogP contribution in [0.1, 0.15) is 32.6 Å². The Morgan fingerprint density at radius 3 is 2.67 bits per heavy atom. The van der Waals surface area contributed by atoms with Gasteiger partial charge in [0.05, 0.1) is 0 Å². The molecule has 9 heavy (non-hydrogen) atoms. The Morgan fingerprint density at radius 1 is 1.33 bits per heavy atom. The number of unbranched alkanes of at least 4 members (excludes halogenated alkanes) is 3. The van der Waals surface area contributed by atoms with E-state index in [0.717, 1.165) is 6.42 Å². The fourth-order valence-electron chi connectivity index (χ4n) is 0.676. The molecule has 0 amide bonds. The molecular formula is C8H15N. The minimum atomic E-state index is 1.13. The molecule has 0 heterocycles. The SMILES string of the molecule is CCCCC/C=C\C=N. The fourth-order valence-corrected chi connectivity index (χ4v) is 0.676. The lowest BCUT2D eigenvalue weighted by molar-refractivity contribution is 0.729. The average Bonchev–Trinajstić information content (AvgIpc) is 1.89. The van der Waals surface area contributed by atoms with E-state index in [2.05, 4.69) is 6.92 Å². The Hall–Kier alpha value is -0.590. The van der Waals surface area contributed by atoms with Crippen LogP contribution in [0.4, 0.5) is 0 Å². The number of allylic oxidation sites excluding steroid dienone is 2. The van der Waals surface area contributed by atoms with Gasteiger partial charge in [-0.15, -0.1) is 0 Å². The maximum absolute atomic E-state index is 6.67. The maximum Gasteiger partial charge on any atom is 0.0174 e. The number of rotatable bonds is 5. The Labute approximate surface area is 57.3 Å². The molecule has 0 aliphatic rings. The van der Waals surface area contributed by atoms with E-state index in [1.165, 1.54) is 25.5 Å². The van der Waals surface area contributed by atoms with Crippen molar-refractivity contribution >= 4 is 6.21 Å². The first-order valence-electron chi connectivity index (χ1n) is 3.57. The van der Waals surface area contributed by atoms with E-state index in [4.69, 9.17) is 5.41 Å². The molecule has 0 bridgehead atoms. The molecule has 0 unspecified atom stereocenters. The van der Waals surface area contributed by atoms with Gasteiger partial charge in [0.1, 0.15) is 0 Å². The van der Waals surface area contributed by atoms with Gasteiger partial charge in [0.15, 0.2) is 0 Å². The lowest BCUT2D eigenvalue weighted by Crippen LogP contribution is -1.70. The van der Waals surface area contributed by atoms with Gasteiger partial charge in [-0.2, -0.15) is 0 Å². The first-order chi connectivity index (χ1) is 4.41. The third-order valence-corrected chi connectivity index (χ3v) is 1.21. The summed E-state index contributed by atoms with van der Waals surface area (Å²) in [7, 11) is 0. The maximum atomic E-state index is 6.67. The van der Waals surface area contributed by atoms with Gasteiger partial charge in [-0.3, -0.25) is 0 Å². The van der Waals surface area contributed by atoms with Crippen molar-refractivity contribution < 1.29 is 0 Å². The summed E-state index contributed by atoms with van der Waals surface area (Å²) in [4.78, 5) is 0. The second-order valence-electron chi connectivity index (χ2n) is 2.09. The summed E-state index contributed by atoms with van der Waals surface area (Å²) in [6.45, 7) is 2.19. The van der Waals surface area contributed by atoms with E-state index < -0.39 is 0 Å². The van der Waals surface area contributed by atoms with Gasteiger partial charge >= 0.3 is 0 Å². The lowest BCUT2D eigenvalue weighted by Gasteiger charge is -1.88. The standard InChI is InChI=1S/C8H15N/c1-2-3-4-5-6-7-8-9/h6-9H,2-5H2,1H3/b7-6-,9-8?. The van der Waals surface area contributed by atoms with Crippen LogP contribution in [-0.2, 0) is 0 Å². The molecule has 0 fully saturated rings. The highest BCUT2D eigenvalue weighted by Gasteiger charge is 1.79. The van der Waals surface area contributed by atoms with Crippen LogP contribution in [0.3, 0.4) is 0 Å². The zero-order valence-electron chi connectivity index (χ0n) is 6.06. The molecule has 0 aromatic heterocycles. The van der Waals surface area contributed by atoms with E-state index in [1.54, 1.807) is 6.08 Å². The van der Waals surface area contributed by atoms with Crippen LogP contribution in [0.25, 0.3) is 0 Å². The second-order valence-corrected chi connectivity index (χ2v) is 2.09. The first kappa shape index (κ1) is 8.41. The van der Waals surface area contributed by atoms with E-state index in [-0.39, 0.29) is 0 Å². The van der Waals surface area contributed by atoms with Crippen molar-refractivity contribution in [2.45, 2.75) is 32.6 Å². The Kier molecular flexibility index (Phi) is 6.92. The molecule has 0 rings (SSSR count). The quantitative estimate of drug-likeness (QED) is 0.431. The van der Waals surface area contributed by atoms with Crippen molar-refractivity contribution in [3.8, 4) is 0 Å². The van der Waals surface area contributed by atoms with Gasteiger partial charge in [-0.25, -0.2) is 0 Å². The summed E-state index contributed by atoms with van der Waals surface area (Å²) in [6.07, 6.45) is 10.1. The topological polar surface area (TPSA) is 23.9 Å². The van der Waals surface area contributed by atoms with Gasteiger partial charge in [0.25, 0.3) is 0 Å². The molecule has 0 atom stereocenters. The minimum absolute atomic E-state index is 1.13. The molecule has 0 aliphatic carbocycles. The molecule has 0 aliphatic heterocycles. The summed E-state index contributed by atoms with van der Waals surface area (Å²) in [5.41, 5.74) is 0. The van der Waals surface area contributed by atoms with Crippen molar-refractivity contribution in [2.24, 2.45) is 0 Å². The van der Waals surface area contributed by atoms with Crippen molar-refractivity contribution in [1.82, 2.24) is 0 Å². The van der Waals surface area contributed by atoms with Gasteiger partial charge in [0.2, 0.25) is 0 Å². The molecule has 1 heteroatoms. The first-order valence-corrected chi connectivity index (χ1v) is 3.57. The molecule has 0 spiro atoms. The Balaban J connectivity index is 2.90. The van der Waals surface area contributed by atoms with Crippen LogP contribution >= 0.6 is 0 Å².